The molecule has 1 N–H and O–H groups in total. The van der Waals surface area contributed by atoms with E-state index in [1.165, 1.54) is 12.1 Å². The summed E-state index contributed by atoms with van der Waals surface area (Å²) >= 11 is 5.89. The van der Waals surface area contributed by atoms with Crippen molar-refractivity contribution in [2.45, 2.75) is 6.61 Å². The zero-order chi connectivity index (χ0) is 23.2. The number of fused-ring (bicyclic) bond motifs is 1. The van der Waals surface area contributed by atoms with Gasteiger partial charge in [0, 0.05) is 21.8 Å². The van der Waals surface area contributed by atoms with E-state index in [4.69, 9.17) is 16.3 Å². The van der Waals surface area contributed by atoms with Crippen LogP contribution in [0.15, 0.2) is 90.5 Å². The molecule has 6 heteroatoms. The molecule has 0 bridgehead atoms. The highest BCUT2D eigenvalue weighted by molar-refractivity contribution is 6.30. The number of ether oxygens (including phenoxy) is 1. The van der Waals surface area contributed by atoms with Crippen LogP contribution in [0.4, 0.5) is 10.1 Å². The summed E-state index contributed by atoms with van der Waals surface area (Å²) in [7, 11) is 0. The first-order valence-corrected chi connectivity index (χ1v) is 10.5. The van der Waals surface area contributed by atoms with Crippen molar-refractivity contribution >= 4 is 40.0 Å². The Kier molecular flexibility index (Phi) is 6.68. The molecule has 0 saturated carbocycles. The molecular weight excluding hydrogens is 439 g/mol. The highest BCUT2D eigenvalue weighted by Crippen LogP contribution is 2.31. The standard InChI is InChI=1S/C27H18ClFN2O2/c28-21-10-12-22(13-11-21)31-27(32)20(16-30)15-24-23-7-3-1-5-18(23)9-14-26(24)33-17-19-6-2-4-8-25(19)29/h1-15H,17H2,(H,31,32)/b20-15+. The molecule has 0 atom stereocenters. The number of anilines is 1. The number of nitrogens with zero attached hydrogens (tertiary/aromatic N) is 1. The number of halogens is 2. The molecule has 0 fully saturated rings. The van der Waals surface area contributed by atoms with E-state index in [0.29, 0.717) is 27.6 Å². The van der Waals surface area contributed by atoms with Crippen molar-refractivity contribution in [2.75, 3.05) is 5.32 Å². The van der Waals surface area contributed by atoms with E-state index in [-0.39, 0.29) is 18.0 Å². The number of amides is 1. The molecule has 4 aromatic carbocycles. The van der Waals surface area contributed by atoms with Gasteiger partial charge in [-0.25, -0.2) is 4.39 Å². The van der Waals surface area contributed by atoms with Crippen molar-refractivity contribution in [3.05, 3.63) is 112 Å². The Balaban J connectivity index is 1.70. The van der Waals surface area contributed by atoms with Crippen LogP contribution < -0.4 is 10.1 Å². The van der Waals surface area contributed by atoms with Crippen LogP contribution in [0.3, 0.4) is 0 Å². The molecule has 4 nitrogen and oxygen atoms in total. The molecule has 1 amide bonds. The minimum absolute atomic E-state index is 0.00467. The Labute approximate surface area is 195 Å². The maximum absolute atomic E-state index is 14.1. The first-order valence-electron chi connectivity index (χ1n) is 10.1. The van der Waals surface area contributed by atoms with Crippen LogP contribution in [0.5, 0.6) is 5.75 Å². The fourth-order valence-electron chi connectivity index (χ4n) is 3.35. The lowest BCUT2D eigenvalue weighted by Crippen LogP contribution is -2.13. The molecular formula is C27H18ClFN2O2. The van der Waals surface area contributed by atoms with Crippen molar-refractivity contribution in [1.29, 1.82) is 5.26 Å². The zero-order valence-electron chi connectivity index (χ0n) is 17.4. The summed E-state index contributed by atoms with van der Waals surface area (Å²) in [4.78, 5) is 12.8. The Morgan fingerprint density at radius 2 is 1.73 bits per heavy atom. The SMILES string of the molecule is N#C/C(=C\c1c(OCc2ccccc2F)ccc2ccccc12)C(=O)Nc1ccc(Cl)cc1. The molecule has 0 aliphatic rings. The van der Waals surface area contributed by atoms with Gasteiger partial charge < -0.3 is 10.1 Å². The average molecular weight is 457 g/mol. The monoisotopic (exact) mass is 456 g/mol. The molecule has 0 heterocycles. The van der Waals surface area contributed by atoms with Gasteiger partial charge in [0.05, 0.1) is 0 Å². The summed E-state index contributed by atoms with van der Waals surface area (Å²) in [5, 5.41) is 14.6. The lowest BCUT2D eigenvalue weighted by atomic mass is 10.0. The van der Waals surface area contributed by atoms with Gasteiger partial charge in [0.15, 0.2) is 0 Å². The molecule has 0 aromatic heterocycles. The minimum Gasteiger partial charge on any atom is -0.488 e. The quantitative estimate of drug-likeness (QED) is 0.257. The van der Waals surface area contributed by atoms with Gasteiger partial charge in [-0.15, -0.1) is 0 Å². The first kappa shape index (κ1) is 22.1. The van der Waals surface area contributed by atoms with Crippen LogP contribution in [-0.4, -0.2) is 5.91 Å². The number of rotatable bonds is 6. The van der Waals surface area contributed by atoms with Crippen LogP contribution in [0.1, 0.15) is 11.1 Å². The number of nitriles is 1. The molecule has 0 saturated heterocycles. The second-order valence-corrected chi connectivity index (χ2v) is 7.65. The third kappa shape index (κ3) is 5.20. The summed E-state index contributed by atoms with van der Waals surface area (Å²) in [5.74, 6) is -0.493. The lowest BCUT2D eigenvalue weighted by Gasteiger charge is -2.13. The predicted molar refractivity (Wildman–Crippen MR) is 128 cm³/mol. The molecule has 162 valence electrons. The summed E-state index contributed by atoms with van der Waals surface area (Å²) in [5.41, 5.74) is 1.38. The summed E-state index contributed by atoms with van der Waals surface area (Å²) < 4.78 is 20.0. The summed E-state index contributed by atoms with van der Waals surface area (Å²) in [6.45, 7) is 0.00467. The molecule has 0 aliphatic heterocycles. The fourth-order valence-corrected chi connectivity index (χ4v) is 3.47. The van der Waals surface area contributed by atoms with Crippen molar-refractivity contribution in [2.24, 2.45) is 0 Å². The number of carbonyl (C=O) groups excluding carboxylic acids is 1. The van der Waals surface area contributed by atoms with Crippen LogP contribution in [-0.2, 0) is 11.4 Å². The molecule has 4 rings (SSSR count). The van der Waals surface area contributed by atoms with Crippen molar-refractivity contribution in [3.8, 4) is 11.8 Å². The van der Waals surface area contributed by atoms with Crippen LogP contribution in [0.25, 0.3) is 16.8 Å². The Hall–Kier alpha value is -4.14. The second-order valence-electron chi connectivity index (χ2n) is 7.21. The number of hydrogen-bond acceptors (Lipinski definition) is 3. The highest BCUT2D eigenvalue weighted by Gasteiger charge is 2.14. The van der Waals surface area contributed by atoms with Crippen molar-refractivity contribution in [3.63, 3.8) is 0 Å². The minimum atomic E-state index is -0.562. The smallest absolute Gasteiger partial charge is 0.266 e. The van der Waals surface area contributed by atoms with E-state index < -0.39 is 5.91 Å². The van der Waals surface area contributed by atoms with E-state index in [0.717, 1.165) is 10.8 Å². The van der Waals surface area contributed by atoms with Gasteiger partial charge in [0.1, 0.15) is 29.8 Å². The van der Waals surface area contributed by atoms with Gasteiger partial charge in [-0.05, 0) is 53.2 Å². The second kappa shape index (κ2) is 9.99. The van der Waals surface area contributed by atoms with Crippen LogP contribution in [0.2, 0.25) is 5.02 Å². The van der Waals surface area contributed by atoms with Gasteiger partial charge in [-0.3, -0.25) is 4.79 Å². The Morgan fingerprint density at radius 1 is 1.00 bits per heavy atom. The highest BCUT2D eigenvalue weighted by atomic mass is 35.5. The van der Waals surface area contributed by atoms with Crippen molar-refractivity contribution < 1.29 is 13.9 Å². The third-order valence-corrected chi connectivity index (χ3v) is 5.28. The largest absolute Gasteiger partial charge is 0.488 e. The van der Waals surface area contributed by atoms with Gasteiger partial charge in [0.2, 0.25) is 0 Å². The number of hydrogen-bond donors (Lipinski definition) is 1. The molecule has 4 aromatic rings. The number of nitrogens with one attached hydrogen (secondary N) is 1. The molecule has 33 heavy (non-hydrogen) atoms. The van der Waals surface area contributed by atoms with E-state index in [1.54, 1.807) is 48.5 Å². The Bertz CT molecular complexity index is 1390. The van der Waals surface area contributed by atoms with Crippen LogP contribution in [0, 0.1) is 17.1 Å². The summed E-state index contributed by atoms with van der Waals surface area (Å²) in [6.07, 6.45) is 1.49. The van der Waals surface area contributed by atoms with Gasteiger partial charge in [0.25, 0.3) is 5.91 Å². The van der Waals surface area contributed by atoms with E-state index >= 15 is 0 Å². The van der Waals surface area contributed by atoms with Gasteiger partial charge >= 0.3 is 0 Å². The number of carbonyl (C=O) groups is 1. The molecule has 0 spiro atoms. The Morgan fingerprint density at radius 3 is 2.48 bits per heavy atom. The van der Waals surface area contributed by atoms with E-state index in [9.17, 15) is 14.4 Å². The maximum Gasteiger partial charge on any atom is 0.266 e. The predicted octanol–water partition coefficient (Wildman–Crippen LogP) is 6.76. The molecule has 0 unspecified atom stereocenters. The van der Waals surface area contributed by atoms with Crippen molar-refractivity contribution in [1.82, 2.24) is 0 Å². The van der Waals surface area contributed by atoms with Crippen LogP contribution >= 0.6 is 11.6 Å². The molecule has 0 radical (unpaired) electrons. The first-order chi connectivity index (χ1) is 16.0. The average Bonchev–Trinajstić information content (AvgIpc) is 2.83. The lowest BCUT2D eigenvalue weighted by molar-refractivity contribution is -0.112. The molecule has 0 aliphatic carbocycles. The van der Waals surface area contributed by atoms with Gasteiger partial charge in [-0.1, -0.05) is 60.1 Å². The fraction of sp³-hybridized carbons (Fsp3) is 0.0370. The van der Waals surface area contributed by atoms with Gasteiger partial charge in [-0.2, -0.15) is 5.26 Å². The third-order valence-electron chi connectivity index (χ3n) is 5.03. The topological polar surface area (TPSA) is 62.1 Å². The normalized spacial score (nSPS) is 11.1. The zero-order valence-corrected chi connectivity index (χ0v) is 18.1. The van der Waals surface area contributed by atoms with E-state index in [1.807, 2.05) is 36.4 Å². The van der Waals surface area contributed by atoms with E-state index in [2.05, 4.69) is 5.32 Å². The summed E-state index contributed by atoms with van der Waals surface area (Å²) in [6, 6.07) is 26.1. The number of benzene rings is 4. The maximum atomic E-state index is 14.1.